The SMILES string of the molecule is COc1cc(Br)c(OC)c(CN)c1. The first kappa shape index (κ1) is 10.3. The van der Waals surface area contributed by atoms with Gasteiger partial charge in [0.2, 0.25) is 0 Å². The van der Waals surface area contributed by atoms with Crippen molar-refractivity contribution in [2.45, 2.75) is 6.54 Å². The van der Waals surface area contributed by atoms with Crippen LogP contribution < -0.4 is 15.2 Å². The van der Waals surface area contributed by atoms with Gasteiger partial charge in [-0.3, -0.25) is 0 Å². The van der Waals surface area contributed by atoms with Crippen molar-refractivity contribution in [2.24, 2.45) is 5.73 Å². The monoisotopic (exact) mass is 245 g/mol. The fourth-order valence-corrected chi connectivity index (χ4v) is 1.76. The molecule has 2 N–H and O–H groups in total. The van der Waals surface area contributed by atoms with Crippen LogP contribution in [0, 0.1) is 0 Å². The zero-order valence-electron chi connectivity index (χ0n) is 7.63. The van der Waals surface area contributed by atoms with E-state index in [1.165, 1.54) is 0 Å². The second-order valence-electron chi connectivity index (χ2n) is 2.51. The van der Waals surface area contributed by atoms with Crippen LogP contribution >= 0.6 is 15.9 Å². The molecule has 0 bridgehead atoms. The van der Waals surface area contributed by atoms with E-state index in [0.29, 0.717) is 6.54 Å². The highest BCUT2D eigenvalue weighted by Crippen LogP contribution is 2.33. The molecule has 0 unspecified atom stereocenters. The molecule has 0 radical (unpaired) electrons. The molecule has 0 spiro atoms. The van der Waals surface area contributed by atoms with Gasteiger partial charge in [-0.1, -0.05) is 0 Å². The molecule has 0 aliphatic carbocycles. The maximum Gasteiger partial charge on any atom is 0.137 e. The van der Waals surface area contributed by atoms with Gasteiger partial charge in [-0.15, -0.1) is 0 Å². The van der Waals surface area contributed by atoms with Crippen LogP contribution in [-0.4, -0.2) is 14.2 Å². The number of halogens is 1. The van der Waals surface area contributed by atoms with Crippen LogP contribution in [0.4, 0.5) is 0 Å². The van der Waals surface area contributed by atoms with Crippen LogP contribution in [0.3, 0.4) is 0 Å². The van der Waals surface area contributed by atoms with Gasteiger partial charge in [0.25, 0.3) is 0 Å². The summed E-state index contributed by atoms with van der Waals surface area (Å²) in [7, 11) is 3.24. The molecule has 0 amide bonds. The Bertz CT molecular complexity index is 302. The van der Waals surface area contributed by atoms with Gasteiger partial charge in [0.05, 0.1) is 18.7 Å². The highest BCUT2D eigenvalue weighted by atomic mass is 79.9. The molecule has 4 heteroatoms. The number of rotatable bonds is 3. The van der Waals surface area contributed by atoms with E-state index < -0.39 is 0 Å². The first-order chi connectivity index (χ1) is 6.22. The summed E-state index contributed by atoms with van der Waals surface area (Å²) in [5.41, 5.74) is 6.49. The van der Waals surface area contributed by atoms with Crippen molar-refractivity contribution < 1.29 is 9.47 Å². The minimum atomic E-state index is 0.430. The maximum atomic E-state index is 5.56. The highest BCUT2D eigenvalue weighted by molar-refractivity contribution is 9.10. The number of hydrogen-bond donors (Lipinski definition) is 1. The summed E-state index contributed by atoms with van der Waals surface area (Å²) in [5.74, 6) is 1.54. The Hall–Kier alpha value is -0.740. The molecule has 0 aliphatic heterocycles. The molecule has 13 heavy (non-hydrogen) atoms. The number of benzene rings is 1. The van der Waals surface area contributed by atoms with Gasteiger partial charge >= 0.3 is 0 Å². The average Bonchev–Trinajstić information content (AvgIpc) is 2.16. The Balaban J connectivity index is 3.20. The molecular formula is C9H12BrNO2. The van der Waals surface area contributed by atoms with Crippen LogP contribution in [0.2, 0.25) is 0 Å². The average molecular weight is 246 g/mol. The Morgan fingerprint density at radius 3 is 2.46 bits per heavy atom. The molecular weight excluding hydrogens is 234 g/mol. The first-order valence-electron chi connectivity index (χ1n) is 3.83. The molecule has 0 aromatic heterocycles. The van der Waals surface area contributed by atoms with Crippen molar-refractivity contribution >= 4 is 15.9 Å². The zero-order chi connectivity index (χ0) is 9.84. The standard InChI is InChI=1S/C9H12BrNO2/c1-12-7-3-6(5-11)9(13-2)8(10)4-7/h3-4H,5,11H2,1-2H3. The summed E-state index contributed by atoms with van der Waals surface area (Å²) in [6.45, 7) is 0.430. The fraction of sp³-hybridized carbons (Fsp3) is 0.333. The smallest absolute Gasteiger partial charge is 0.137 e. The van der Waals surface area contributed by atoms with Gasteiger partial charge in [0.15, 0.2) is 0 Å². The number of methoxy groups -OCH3 is 2. The van der Waals surface area contributed by atoms with Crippen molar-refractivity contribution in [1.82, 2.24) is 0 Å². The molecule has 0 saturated carbocycles. The van der Waals surface area contributed by atoms with E-state index in [1.807, 2.05) is 12.1 Å². The van der Waals surface area contributed by atoms with Crippen LogP contribution in [0.5, 0.6) is 11.5 Å². The molecule has 0 heterocycles. The normalized spacial score (nSPS) is 9.85. The second kappa shape index (κ2) is 4.48. The van der Waals surface area contributed by atoms with Crippen molar-refractivity contribution in [3.05, 3.63) is 22.2 Å². The number of nitrogens with two attached hydrogens (primary N) is 1. The van der Waals surface area contributed by atoms with Gasteiger partial charge in [0, 0.05) is 12.1 Å². The Morgan fingerprint density at radius 1 is 1.31 bits per heavy atom. The van der Waals surface area contributed by atoms with Gasteiger partial charge in [-0.05, 0) is 28.1 Å². The van der Waals surface area contributed by atoms with E-state index in [-0.39, 0.29) is 0 Å². The second-order valence-corrected chi connectivity index (χ2v) is 3.36. The zero-order valence-corrected chi connectivity index (χ0v) is 9.22. The lowest BCUT2D eigenvalue weighted by molar-refractivity contribution is 0.396. The molecule has 3 nitrogen and oxygen atoms in total. The predicted molar refractivity (Wildman–Crippen MR) is 55.1 cm³/mol. The van der Waals surface area contributed by atoms with Crippen LogP contribution in [0.1, 0.15) is 5.56 Å². The van der Waals surface area contributed by atoms with Crippen molar-refractivity contribution in [3.63, 3.8) is 0 Å². The summed E-state index contributed by atoms with van der Waals surface area (Å²) in [5, 5.41) is 0. The van der Waals surface area contributed by atoms with Gasteiger partial charge in [-0.25, -0.2) is 0 Å². The van der Waals surface area contributed by atoms with Crippen LogP contribution in [0.15, 0.2) is 16.6 Å². The molecule has 1 aromatic carbocycles. The Kier molecular flexibility index (Phi) is 3.57. The lowest BCUT2D eigenvalue weighted by atomic mass is 10.2. The molecule has 1 aromatic rings. The first-order valence-corrected chi connectivity index (χ1v) is 4.62. The summed E-state index contributed by atoms with van der Waals surface area (Å²) in [6, 6.07) is 3.71. The minimum absolute atomic E-state index is 0.430. The minimum Gasteiger partial charge on any atom is -0.497 e. The van der Waals surface area contributed by atoms with Crippen molar-refractivity contribution in [2.75, 3.05) is 14.2 Å². The van der Waals surface area contributed by atoms with E-state index in [0.717, 1.165) is 21.5 Å². The maximum absolute atomic E-state index is 5.56. The van der Waals surface area contributed by atoms with Crippen molar-refractivity contribution in [1.29, 1.82) is 0 Å². The van der Waals surface area contributed by atoms with E-state index in [2.05, 4.69) is 15.9 Å². The number of hydrogen-bond acceptors (Lipinski definition) is 3. The third-order valence-corrected chi connectivity index (χ3v) is 2.34. The highest BCUT2D eigenvalue weighted by Gasteiger charge is 2.08. The predicted octanol–water partition coefficient (Wildman–Crippen LogP) is 1.92. The van der Waals surface area contributed by atoms with Crippen molar-refractivity contribution in [3.8, 4) is 11.5 Å². The fourth-order valence-electron chi connectivity index (χ4n) is 1.12. The largest absolute Gasteiger partial charge is 0.497 e. The summed E-state index contributed by atoms with van der Waals surface area (Å²) in [4.78, 5) is 0. The molecule has 0 fully saturated rings. The third kappa shape index (κ3) is 2.14. The molecule has 72 valence electrons. The summed E-state index contributed by atoms with van der Waals surface area (Å²) < 4.78 is 11.1. The topological polar surface area (TPSA) is 44.5 Å². The Labute approximate surface area is 86.0 Å². The summed E-state index contributed by atoms with van der Waals surface area (Å²) in [6.07, 6.45) is 0. The van der Waals surface area contributed by atoms with Gasteiger partial charge < -0.3 is 15.2 Å². The van der Waals surface area contributed by atoms with Crippen LogP contribution in [0.25, 0.3) is 0 Å². The molecule has 0 saturated heterocycles. The summed E-state index contributed by atoms with van der Waals surface area (Å²) >= 11 is 3.38. The van der Waals surface area contributed by atoms with E-state index >= 15 is 0 Å². The quantitative estimate of drug-likeness (QED) is 0.886. The lowest BCUT2D eigenvalue weighted by Crippen LogP contribution is -2.01. The van der Waals surface area contributed by atoms with E-state index in [4.69, 9.17) is 15.2 Å². The number of ether oxygens (including phenoxy) is 2. The van der Waals surface area contributed by atoms with Crippen LogP contribution in [-0.2, 0) is 6.54 Å². The molecule has 0 aliphatic rings. The van der Waals surface area contributed by atoms with Gasteiger partial charge in [-0.2, -0.15) is 0 Å². The third-order valence-electron chi connectivity index (χ3n) is 1.75. The van der Waals surface area contributed by atoms with E-state index in [9.17, 15) is 0 Å². The lowest BCUT2D eigenvalue weighted by Gasteiger charge is -2.10. The van der Waals surface area contributed by atoms with E-state index in [1.54, 1.807) is 14.2 Å². The molecule has 1 rings (SSSR count). The van der Waals surface area contributed by atoms with Gasteiger partial charge in [0.1, 0.15) is 11.5 Å². The molecule has 0 atom stereocenters. The Morgan fingerprint density at radius 2 is 2.00 bits per heavy atom.